The van der Waals surface area contributed by atoms with Gasteiger partial charge in [0.15, 0.2) is 11.3 Å². The van der Waals surface area contributed by atoms with Gasteiger partial charge in [-0.2, -0.15) is 0 Å². The minimum atomic E-state index is 0.889. The molecular weight excluding hydrogens is 719 g/mol. The third kappa shape index (κ3) is 3.59. The fourth-order valence-electron chi connectivity index (χ4n) is 10.9. The van der Waals surface area contributed by atoms with Gasteiger partial charge in [-0.1, -0.05) is 127 Å². The Balaban J connectivity index is 1.12. The molecule has 0 aliphatic heterocycles. The first-order valence-corrected chi connectivity index (χ1v) is 20.3. The molecular formula is C54H29N5. The fourth-order valence-corrected chi connectivity index (χ4v) is 10.9. The van der Waals surface area contributed by atoms with Gasteiger partial charge in [0.2, 0.25) is 0 Å². The fraction of sp³-hybridized carbons (Fsp3) is 0. The van der Waals surface area contributed by atoms with Gasteiger partial charge in [-0.05, 0) is 75.6 Å². The summed E-state index contributed by atoms with van der Waals surface area (Å²) in [5.41, 5.74) is 14.3. The lowest BCUT2D eigenvalue weighted by Crippen LogP contribution is -1.94. The zero-order chi connectivity index (χ0) is 38.1. The number of hydrogen-bond acceptors (Lipinski definition) is 2. The average Bonchev–Trinajstić information content (AvgIpc) is 4.08. The molecule has 0 radical (unpaired) electrons. The van der Waals surface area contributed by atoms with Gasteiger partial charge in [0.25, 0.3) is 0 Å². The molecule has 6 heterocycles. The monoisotopic (exact) mass is 747 g/mol. The van der Waals surface area contributed by atoms with E-state index in [2.05, 4.69) is 189 Å². The lowest BCUT2D eigenvalue weighted by Gasteiger charge is -2.12. The van der Waals surface area contributed by atoms with E-state index in [9.17, 15) is 0 Å². The quantitative estimate of drug-likeness (QED) is 0.177. The standard InChI is InChI=1S/C54H29N5/c1-2-15-33(16-3-1)57-43-23-10-8-19-36(43)40-29-32(25-26-45(40)57)46-34-17-6-4-13-30(34)27-41-37-21-12-22-39-48-54(59(50(37)39)51(41)46)56-49-42-28-31-14-5-7-18-35(31)47-38-20-9-11-24-44(38)58(52(42)47)53(49)55-48/h1-29H. The van der Waals surface area contributed by atoms with Crippen LogP contribution >= 0.6 is 0 Å². The third-order valence-electron chi connectivity index (χ3n) is 13.2. The summed E-state index contributed by atoms with van der Waals surface area (Å²) in [6, 6.07) is 64.3. The van der Waals surface area contributed by atoms with E-state index in [1.54, 1.807) is 0 Å². The predicted molar refractivity (Wildman–Crippen MR) is 246 cm³/mol. The highest BCUT2D eigenvalue weighted by Gasteiger charge is 2.27. The molecule has 0 fully saturated rings. The summed E-state index contributed by atoms with van der Waals surface area (Å²) in [7, 11) is 0. The molecule has 15 aromatic rings. The van der Waals surface area contributed by atoms with Crippen LogP contribution in [0.5, 0.6) is 0 Å². The highest BCUT2D eigenvalue weighted by molar-refractivity contribution is 6.32. The topological polar surface area (TPSA) is 39.5 Å². The van der Waals surface area contributed by atoms with E-state index < -0.39 is 0 Å². The van der Waals surface area contributed by atoms with Gasteiger partial charge in [0, 0.05) is 54.3 Å². The molecule has 0 amide bonds. The van der Waals surface area contributed by atoms with E-state index >= 15 is 0 Å². The SMILES string of the molecule is c1ccc(-n2c3ccccc3c3cc(-c4c5ccccc5cc5c6cccc7c8nc9c(nc8n(c45)c67)c4cc5ccccc5c5c6ccccc6n9c45)ccc32)cc1. The summed E-state index contributed by atoms with van der Waals surface area (Å²) in [6.45, 7) is 0. The molecule has 0 saturated carbocycles. The van der Waals surface area contributed by atoms with Gasteiger partial charge < -0.3 is 4.57 Å². The largest absolute Gasteiger partial charge is 0.309 e. The van der Waals surface area contributed by atoms with Crippen LogP contribution in [0.1, 0.15) is 0 Å². The van der Waals surface area contributed by atoms with Crippen LogP contribution in [0.3, 0.4) is 0 Å². The Morgan fingerprint density at radius 3 is 1.80 bits per heavy atom. The van der Waals surface area contributed by atoms with Crippen LogP contribution in [0.4, 0.5) is 0 Å². The van der Waals surface area contributed by atoms with Gasteiger partial charge in [0.1, 0.15) is 11.0 Å². The first kappa shape index (κ1) is 30.2. The molecule has 0 bridgehead atoms. The van der Waals surface area contributed by atoms with E-state index in [4.69, 9.17) is 9.97 Å². The van der Waals surface area contributed by atoms with Crippen LogP contribution in [0, 0.1) is 0 Å². The third-order valence-corrected chi connectivity index (χ3v) is 13.2. The average molecular weight is 748 g/mol. The van der Waals surface area contributed by atoms with Crippen LogP contribution < -0.4 is 0 Å². The zero-order valence-electron chi connectivity index (χ0n) is 31.5. The molecule has 270 valence electrons. The first-order valence-electron chi connectivity index (χ1n) is 20.3. The Kier molecular flexibility index (Phi) is 5.36. The maximum absolute atomic E-state index is 5.74. The molecule has 0 spiro atoms. The van der Waals surface area contributed by atoms with Gasteiger partial charge in [-0.25, -0.2) is 9.97 Å². The number of hydrogen-bond donors (Lipinski definition) is 0. The molecule has 6 aromatic heterocycles. The molecule has 5 nitrogen and oxygen atoms in total. The molecule has 5 heteroatoms. The van der Waals surface area contributed by atoms with Crippen molar-refractivity contribution in [2.45, 2.75) is 0 Å². The molecule has 0 saturated heterocycles. The Bertz CT molecular complexity index is 4300. The van der Waals surface area contributed by atoms with Crippen molar-refractivity contribution in [3.63, 3.8) is 0 Å². The number of fused-ring (bicyclic) bond motifs is 18. The minimum Gasteiger partial charge on any atom is -0.309 e. The molecule has 0 N–H and O–H groups in total. The second-order valence-corrected chi connectivity index (χ2v) is 16.1. The number of nitrogens with zero attached hydrogens (tertiary/aromatic N) is 5. The molecule has 0 atom stereocenters. The molecule has 0 unspecified atom stereocenters. The van der Waals surface area contributed by atoms with Crippen molar-refractivity contribution in [2.75, 3.05) is 0 Å². The molecule has 9 aromatic carbocycles. The van der Waals surface area contributed by atoms with Crippen LogP contribution in [-0.4, -0.2) is 23.3 Å². The Morgan fingerprint density at radius 2 is 0.949 bits per heavy atom. The second kappa shape index (κ2) is 10.5. The summed E-state index contributed by atoms with van der Waals surface area (Å²) in [6.07, 6.45) is 0. The van der Waals surface area contributed by atoms with E-state index in [0.717, 1.165) is 49.8 Å². The smallest absolute Gasteiger partial charge is 0.165 e. The van der Waals surface area contributed by atoms with Crippen molar-refractivity contribution in [1.82, 2.24) is 23.3 Å². The van der Waals surface area contributed by atoms with Crippen molar-refractivity contribution in [3.8, 4) is 16.8 Å². The highest BCUT2D eigenvalue weighted by Crippen LogP contribution is 2.48. The van der Waals surface area contributed by atoms with Crippen molar-refractivity contribution in [1.29, 1.82) is 0 Å². The molecule has 15 rings (SSSR count). The van der Waals surface area contributed by atoms with E-state index in [1.807, 2.05) is 0 Å². The maximum Gasteiger partial charge on any atom is 0.165 e. The summed E-state index contributed by atoms with van der Waals surface area (Å²) in [4.78, 5) is 11.4. The summed E-state index contributed by atoms with van der Waals surface area (Å²) in [5.74, 6) is 0. The molecule has 59 heavy (non-hydrogen) atoms. The minimum absolute atomic E-state index is 0.889. The number of para-hydroxylation sites is 4. The van der Waals surface area contributed by atoms with Crippen LogP contribution in [0.25, 0.3) is 137 Å². The van der Waals surface area contributed by atoms with Crippen molar-refractivity contribution >= 4 is 120 Å². The lowest BCUT2D eigenvalue weighted by atomic mass is 9.93. The number of benzene rings is 9. The van der Waals surface area contributed by atoms with Gasteiger partial charge in [-0.3, -0.25) is 8.80 Å². The molecule has 0 aliphatic rings. The van der Waals surface area contributed by atoms with Crippen molar-refractivity contribution < 1.29 is 0 Å². The van der Waals surface area contributed by atoms with E-state index in [-0.39, 0.29) is 0 Å². The summed E-state index contributed by atoms with van der Waals surface area (Å²) >= 11 is 0. The Morgan fingerprint density at radius 1 is 0.339 bits per heavy atom. The number of aromatic nitrogens is 5. The highest BCUT2D eigenvalue weighted by atomic mass is 15.1. The maximum atomic E-state index is 5.74. The first-order chi connectivity index (χ1) is 29.3. The predicted octanol–water partition coefficient (Wildman–Crippen LogP) is 13.8. The van der Waals surface area contributed by atoms with Crippen LogP contribution in [-0.2, 0) is 0 Å². The normalized spacial score (nSPS) is 12.7. The van der Waals surface area contributed by atoms with Crippen LogP contribution in [0.15, 0.2) is 176 Å². The van der Waals surface area contributed by atoms with Crippen LogP contribution in [0.2, 0.25) is 0 Å². The Labute approximate surface area is 334 Å². The van der Waals surface area contributed by atoms with Gasteiger partial charge in [0.05, 0.1) is 33.1 Å². The van der Waals surface area contributed by atoms with E-state index in [0.29, 0.717) is 0 Å². The zero-order valence-corrected chi connectivity index (χ0v) is 31.5. The second-order valence-electron chi connectivity index (χ2n) is 16.1. The lowest BCUT2D eigenvalue weighted by molar-refractivity contribution is 1.18. The summed E-state index contributed by atoms with van der Waals surface area (Å²) < 4.78 is 7.19. The number of rotatable bonds is 2. The molecule has 0 aliphatic carbocycles. The Hall–Kier alpha value is -8.02. The van der Waals surface area contributed by atoms with Crippen molar-refractivity contribution in [2.24, 2.45) is 0 Å². The van der Waals surface area contributed by atoms with E-state index in [1.165, 1.54) is 87.1 Å². The van der Waals surface area contributed by atoms with Crippen molar-refractivity contribution in [3.05, 3.63) is 176 Å². The van der Waals surface area contributed by atoms with Gasteiger partial charge in [-0.15, -0.1) is 0 Å². The van der Waals surface area contributed by atoms with Gasteiger partial charge >= 0.3 is 0 Å². The summed E-state index contributed by atoms with van der Waals surface area (Å²) in [5, 5.41) is 14.6.